The lowest BCUT2D eigenvalue weighted by Gasteiger charge is -2.15. The fraction of sp³-hybridized carbons (Fsp3) is 1.00. The van der Waals surface area contributed by atoms with Crippen LogP contribution < -0.4 is 5.23 Å². The summed E-state index contributed by atoms with van der Waals surface area (Å²) in [6, 6.07) is 0.144. The third-order valence-electron chi connectivity index (χ3n) is 1.41. The van der Waals surface area contributed by atoms with Crippen molar-refractivity contribution in [3.8, 4) is 0 Å². The molecule has 9 heavy (non-hydrogen) atoms. The molecule has 54 valence electrons. The van der Waals surface area contributed by atoms with Crippen LogP contribution in [0.4, 0.5) is 0 Å². The molecule has 0 aromatic heterocycles. The number of rotatable bonds is 3. The Morgan fingerprint density at radius 1 is 1.22 bits per heavy atom. The standard InChI is InChI=1S/C5H14BNO2/c1-4(2)5(3)7-6(8)9/h4-5,7-9H,1-3H3. The van der Waals surface area contributed by atoms with Crippen LogP contribution >= 0.6 is 0 Å². The van der Waals surface area contributed by atoms with E-state index in [2.05, 4.69) is 5.23 Å². The van der Waals surface area contributed by atoms with Crippen LogP contribution in [-0.2, 0) is 0 Å². The Balaban J connectivity index is 3.38. The summed E-state index contributed by atoms with van der Waals surface area (Å²) in [5.74, 6) is 0.423. The highest BCUT2D eigenvalue weighted by atomic mass is 16.4. The molecule has 0 aromatic rings. The van der Waals surface area contributed by atoms with Crippen molar-refractivity contribution in [3.05, 3.63) is 0 Å². The lowest BCUT2D eigenvalue weighted by Crippen LogP contribution is -2.43. The molecule has 3 N–H and O–H groups in total. The van der Waals surface area contributed by atoms with E-state index in [1.165, 1.54) is 0 Å². The fourth-order valence-corrected chi connectivity index (χ4v) is 0.428. The summed E-state index contributed by atoms with van der Waals surface area (Å²) >= 11 is 0. The van der Waals surface area contributed by atoms with Crippen LogP contribution in [0.15, 0.2) is 0 Å². The van der Waals surface area contributed by atoms with Gasteiger partial charge in [0.25, 0.3) is 0 Å². The number of hydrogen-bond acceptors (Lipinski definition) is 3. The highest BCUT2D eigenvalue weighted by Gasteiger charge is 2.13. The van der Waals surface area contributed by atoms with Crippen molar-refractivity contribution in [2.45, 2.75) is 26.8 Å². The van der Waals surface area contributed by atoms with Crippen molar-refractivity contribution in [1.82, 2.24) is 5.23 Å². The largest absolute Gasteiger partial charge is 0.549 e. The predicted octanol–water partition coefficient (Wildman–Crippen LogP) is -0.410. The van der Waals surface area contributed by atoms with E-state index in [0.717, 1.165) is 0 Å². The Kier molecular flexibility index (Phi) is 3.85. The van der Waals surface area contributed by atoms with Gasteiger partial charge in [-0.15, -0.1) is 0 Å². The molecule has 0 rings (SSSR count). The molecule has 0 aromatic carbocycles. The smallest absolute Gasteiger partial charge is 0.413 e. The van der Waals surface area contributed by atoms with Gasteiger partial charge in [0, 0.05) is 6.04 Å². The van der Waals surface area contributed by atoms with Crippen molar-refractivity contribution in [2.24, 2.45) is 5.92 Å². The summed E-state index contributed by atoms with van der Waals surface area (Å²) in [5, 5.41) is 19.4. The Morgan fingerprint density at radius 3 is 1.78 bits per heavy atom. The summed E-state index contributed by atoms with van der Waals surface area (Å²) in [4.78, 5) is 0. The molecule has 0 aliphatic heterocycles. The number of nitrogens with one attached hydrogen (secondary N) is 1. The van der Waals surface area contributed by atoms with Crippen LogP contribution in [-0.4, -0.2) is 23.3 Å². The highest BCUT2D eigenvalue weighted by molar-refractivity contribution is 6.37. The minimum Gasteiger partial charge on any atom is -0.413 e. The van der Waals surface area contributed by atoms with Gasteiger partial charge in [-0.05, 0) is 5.92 Å². The monoisotopic (exact) mass is 131 g/mol. The number of hydrogen-bond donors (Lipinski definition) is 3. The van der Waals surface area contributed by atoms with Crippen LogP contribution in [0.5, 0.6) is 0 Å². The molecule has 1 unspecified atom stereocenters. The van der Waals surface area contributed by atoms with E-state index < -0.39 is 7.25 Å². The zero-order valence-electron chi connectivity index (χ0n) is 6.13. The summed E-state index contributed by atoms with van der Waals surface area (Å²) < 4.78 is 0. The molecule has 4 heteroatoms. The fourth-order valence-electron chi connectivity index (χ4n) is 0.428. The summed E-state index contributed by atoms with van der Waals surface area (Å²) in [5.41, 5.74) is 0. The second-order valence-corrected chi connectivity index (χ2v) is 2.57. The van der Waals surface area contributed by atoms with E-state index in [9.17, 15) is 0 Å². The Morgan fingerprint density at radius 2 is 1.67 bits per heavy atom. The Bertz CT molecular complexity index is 77.4. The van der Waals surface area contributed by atoms with Crippen LogP contribution in [0.2, 0.25) is 0 Å². The van der Waals surface area contributed by atoms with E-state index in [1.807, 2.05) is 20.8 Å². The van der Waals surface area contributed by atoms with E-state index >= 15 is 0 Å². The van der Waals surface area contributed by atoms with E-state index in [1.54, 1.807) is 0 Å². The SMILES string of the molecule is CC(C)C(C)NB(O)O. The second-order valence-electron chi connectivity index (χ2n) is 2.57. The molecule has 0 spiro atoms. The Labute approximate surface area is 56.3 Å². The van der Waals surface area contributed by atoms with Crippen molar-refractivity contribution in [3.63, 3.8) is 0 Å². The highest BCUT2D eigenvalue weighted by Crippen LogP contribution is 1.98. The van der Waals surface area contributed by atoms with Gasteiger partial charge in [-0.3, -0.25) is 0 Å². The minimum atomic E-state index is -1.39. The van der Waals surface area contributed by atoms with Crippen LogP contribution in [0.25, 0.3) is 0 Å². The molecule has 0 saturated carbocycles. The first-order valence-electron chi connectivity index (χ1n) is 3.16. The third-order valence-corrected chi connectivity index (χ3v) is 1.41. The molecular formula is C5H14BNO2. The molecular weight excluding hydrogens is 117 g/mol. The second kappa shape index (κ2) is 3.87. The molecule has 3 nitrogen and oxygen atoms in total. The van der Waals surface area contributed by atoms with Gasteiger partial charge in [0.15, 0.2) is 0 Å². The average Bonchev–Trinajstić information content (AvgIpc) is 1.63. The molecule has 0 fully saturated rings. The lowest BCUT2D eigenvalue weighted by atomic mass is 10.0. The van der Waals surface area contributed by atoms with Crippen LogP contribution in [0, 0.1) is 5.92 Å². The van der Waals surface area contributed by atoms with Gasteiger partial charge in [0.2, 0.25) is 0 Å². The molecule has 0 aliphatic rings. The first-order valence-corrected chi connectivity index (χ1v) is 3.16. The molecule has 0 heterocycles. The summed E-state index contributed by atoms with van der Waals surface area (Å²) in [7, 11) is -1.39. The zero-order chi connectivity index (χ0) is 7.44. The van der Waals surface area contributed by atoms with E-state index in [4.69, 9.17) is 10.0 Å². The van der Waals surface area contributed by atoms with Crippen molar-refractivity contribution in [2.75, 3.05) is 0 Å². The predicted molar refractivity (Wildman–Crippen MR) is 37.6 cm³/mol. The quantitative estimate of drug-likeness (QED) is 0.456. The molecule has 1 atom stereocenters. The van der Waals surface area contributed by atoms with Gasteiger partial charge in [-0.2, -0.15) is 0 Å². The van der Waals surface area contributed by atoms with Crippen molar-refractivity contribution >= 4 is 7.25 Å². The molecule has 0 saturated heterocycles. The normalized spacial score (nSPS) is 14.0. The van der Waals surface area contributed by atoms with Gasteiger partial charge in [-0.1, -0.05) is 20.8 Å². The van der Waals surface area contributed by atoms with E-state index in [-0.39, 0.29) is 6.04 Å². The van der Waals surface area contributed by atoms with Gasteiger partial charge in [0.1, 0.15) is 0 Å². The molecule has 0 bridgehead atoms. The van der Waals surface area contributed by atoms with Gasteiger partial charge in [0.05, 0.1) is 0 Å². The first-order chi connectivity index (χ1) is 4.04. The van der Waals surface area contributed by atoms with Gasteiger partial charge < -0.3 is 15.3 Å². The van der Waals surface area contributed by atoms with Gasteiger partial charge >= 0.3 is 7.25 Å². The summed E-state index contributed by atoms with van der Waals surface area (Å²) in [6.07, 6.45) is 0. The van der Waals surface area contributed by atoms with Gasteiger partial charge in [-0.25, -0.2) is 0 Å². The van der Waals surface area contributed by atoms with Crippen LogP contribution in [0.1, 0.15) is 20.8 Å². The van der Waals surface area contributed by atoms with Crippen molar-refractivity contribution in [1.29, 1.82) is 0 Å². The first kappa shape index (κ1) is 8.94. The Hall–Kier alpha value is -0.0551. The average molecular weight is 131 g/mol. The third kappa shape index (κ3) is 4.45. The maximum atomic E-state index is 8.42. The lowest BCUT2D eigenvalue weighted by molar-refractivity contribution is 0.354. The maximum Gasteiger partial charge on any atom is 0.549 e. The molecule has 0 radical (unpaired) electrons. The maximum absolute atomic E-state index is 8.42. The minimum absolute atomic E-state index is 0.144. The molecule has 0 aliphatic carbocycles. The molecule has 0 amide bonds. The zero-order valence-corrected chi connectivity index (χ0v) is 6.13. The van der Waals surface area contributed by atoms with Crippen LogP contribution in [0.3, 0.4) is 0 Å². The summed E-state index contributed by atoms with van der Waals surface area (Å²) in [6.45, 7) is 5.93. The van der Waals surface area contributed by atoms with E-state index in [0.29, 0.717) is 5.92 Å². The topological polar surface area (TPSA) is 52.5 Å². The van der Waals surface area contributed by atoms with Crippen molar-refractivity contribution < 1.29 is 10.0 Å².